The van der Waals surface area contributed by atoms with Crippen LogP contribution in [0.25, 0.3) is 6.08 Å². The third-order valence-electron chi connectivity index (χ3n) is 3.21. The zero-order valence-electron chi connectivity index (χ0n) is 14.8. The lowest BCUT2D eigenvalue weighted by Gasteiger charge is -2.37. The van der Waals surface area contributed by atoms with Gasteiger partial charge in [0.1, 0.15) is 6.61 Å². The van der Waals surface area contributed by atoms with Crippen molar-refractivity contribution in [3.8, 4) is 0 Å². The molecule has 0 saturated carbocycles. The summed E-state index contributed by atoms with van der Waals surface area (Å²) in [6.07, 6.45) is 2.21. The molecule has 0 bridgehead atoms. The molecular formula is C17H21F2N2O5P. The first kappa shape index (κ1) is 24.6. The first-order valence-corrected chi connectivity index (χ1v) is 8.64. The molecule has 0 amide bonds. The van der Waals surface area contributed by atoms with E-state index in [1.54, 1.807) is 24.3 Å². The fourth-order valence-electron chi connectivity index (χ4n) is 1.93. The maximum atomic E-state index is 13.5. The minimum absolute atomic E-state index is 0. The van der Waals surface area contributed by atoms with Crippen LogP contribution in [0.2, 0.25) is 0 Å². The number of quaternary nitrogens is 2. The number of carbonyl (C=O) groups is 1. The molecule has 0 aromatic heterocycles. The minimum atomic E-state index is -6.14. The van der Waals surface area contributed by atoms with Gasteiger partial charge in [0.25, 0.3) is 5.66 Å². The summed E-state index contributed by atoms with van der Waals surface area (Å²) in [5, 5.41) is 0. The Morgan fingerprint density at radius 3 is 2.30 bits per heavy atom. The van der Waals surface area contributed by atoms with Gasteiger partial charge in [-0.05, 0) is 23.3 Å². The maximum Gasteiger partial charge on any atom is 0.331 e. The number of alkyl halides is 2. The molecule has 0 spiro atoms. The van der Waals surface area contributed by atoms with Gasteiger partial charge in [-0.3, -0.25) is 0 Å². The smallest absolute Gasteiger partial charge is 0.331 e. The number of rotatable bonds is 6. The molecule has 0 fully saturated rings. The van der Waals surface area contributed by atoms with Crippen molar-refractivity contribution >= 4 is 19.6 Å². The van der Waals surface area contributed by atoms with Crippen molar-refractivity contribution in [2.24, 2.45) is 0 Å². The third-order valence-corrected chi connectivity index (χ3v) is 4.16. The molecule has 0 aliphatic heterocycles. The van der Waals surface area contributed by atoms with Crippen LogP contribution in [0.5, 0.6) is 0 Å². The van der Waals surface area contributed by atoms with Crippen molar-refractivity contribution < 1.29 is 32.7 Å². The van der Waals surface area contributed by atoms with Gasteiger partial charge in [-0.2, -0.15) is 8.78 Å². The van der Waals surface area contributed by atoms with Gasteiger partial charge < -0.3 is 31.4 Å². The first-order chi connectivity index (χ1) is 11.7. The van der Waals surface area contributed by atoms with E-state index in [2.05, 4.69) is 0 Å². The molecule has 0 aliphatic rings. The molecule has 2 aromatic rings. The molecule has 10 heteroatoms. The Hall–Kier alpha value is -2.42. The van der Waals surface area contributed by atoms with Gasteiger partial charge in [-0.25, -0.2) is 4.79 Å². The van der Waals surface area contributed by atoms with E-state index in [4.69, 9.17) is 4.74 Å². The van der Waals surface area contributed by atoms with Gasteiger partial charge in [0.2, 0.25) is 0 Å². The number of hydrogen-bond acceptors (Lipinski definition) is 5. The highest BCUT2D eigenvalue weighted by Gasteiger charge is 2.35. The molecule has 0 radical (unpaired) electrons. The van der Waals surface area contributed by atoms with E-state index in [9.17, 15) is 27.9 Å². The summed E-state index contributed by atoms with van der Waals surface area (Å²) in [6.45, 7) is 0.0532. The molecule has 2 aromatic carbocycles. The molecular weight excluding hydrogens is 381 g/mol. The summed E-state index contributed by atoms with van der Waals surface area (Å²) in [4.78, 5) is 33.0. The second kappa shape index (κ2) is 10.1. The molecule has 0 aliphatic carbocycles. The lowest BCUT2D eigenvalue weighted by Crippen LogP contribution is -2.29. The quantitative estimate of drug-likeness (QED) is 0.430. The highest BCUT2D eigenvalue weighted by atomic mass is 31.2. The number of benzene rings is 2. The fraction of sp³-hybridized carbons (Fsp3) is 0.118. The van der Waals surface area contributed by atoms with Crippen LogP contribution in [0.15, 0.2) is 60.7 Å². The topological polar surface area (TPSA) is 162 Å². The Morgan fingerprint density at radius 1 is 1.07 bits per heavy atom. The zero-order valence-corrected chi connectivity index (χ0v) is 15.7. The summed E-state index contributed by atoms with van der Waals surface area (Å²) in [7, 11) is -6.14. The van der Waals surface area contributed by atoms with Gasteiger partial charge in [-0.1, -0.05) is 48.5 Å². The van der Waals surface area contributed by atoms with Crippen LogP contribution in [-0.4, -0.2) is 5.97 Å². The van der Waals surface area contributed by atoms with E-state index in [0.29, 0.717) is 0 Å². The van der Waals surface area contributed by atoms with E-state index in [-0.39, 0.29) is 24.5 Å². The molecule has 7 nitrogen and oxygen atoms in total. The second-order valence-corrected chi connectivity index (χ2v) is 6.65. The molecule has 8 N–H and O–H groups in total. The number of halogens is 2. The summed E-state index contributed by atoms with van der Waals surface area (Å²) in [6, 6.07) is 13.1. The van der Waals surface area contributed by atoms with Crippen molar-refractivity contribution in [3.63, 3.8) is 0 Å². The molecule has 0 unspecified atom stereocenters. The molecule has 0 heterocycles. The Morgan fingerprint density at radius 2 is 1.70 bits per heavy atom. The summed E-state index contributed by atoms with van der Waals surface area (Å²) < 4.78 is 42.8. The molecule has 27 heavy (non-hydrogen) atoms. The Labute approximate surface area is 155 Å². The SMILES string of the molecule is O=C(/C=C\c1cccc(C(F)(F)P(=O)([O-])[O-])c1)OCc1ccccc1.[NH4+].[NH4+]. The fourth-order valence-corrected chi connectivity index (χ4v) is 2.38. The predicted octanol–water partition coefficient (Wildman–Crippen LogP) is 3.16. The van der Waals surface area contributed by atoms with Gasteiger partial charge in [0, 0.05) is 19.2 Å². The highest BCUT2D eigenvalue weighted by Crippen LogP contribution is 2.53. The van der Waals surface area contributed by atoms with Crippen LogP contribution in [0, 0.1) is 0 Å². The molecule has 0 atom stereocenters. The van der Waals surface area contributed by atoms with Crippen LogP contribution >= 0.6 is 7.60 Å². The number of esters is 1. The van der Waals surface area contributed by atoms with E-state index in [1.807, 2.05) is 6.07 Å². The third kappa shape index (κ3) is 6.67. The van der Waals surface area contributed by atoms with Gasteiger partial charge in [-0.15, -0.1) is 0 Å². The van der Waals surface area contributed by atoms with E-state index >= 15 is 0 Å². The number of ether oxygens (including phenoxy) is 1. The van der Waals surface area contributed by atoms with Crippen LogP contribution in [-0.2, 0) is 26.4 Å². The molecule has 0 saturated heterocycles. The van der Waals surface area contributed by atoms with E-state index in [0.717, 1.165) is 29.8 Å². The monoisotopic (exact) mass is 402 g/mol. The molecule has 148 valence electrons. The average molecular weight is 402 g/mol. The standard InChI is InChI=1S/C17H15F2O5P.2H3N/c18-17(19,25(21,22)23)15-8-4-7-13(11-15)9-10-16(20)24-12-14-5-2-1-3-6-14;;/h1-11H,12H2,(H2,21,22,23);2*1H3/b10-9-;;. The summed E-state index contributed by atoms with van der Waals surface area (Å²) in [5.74, 6) is -0.695. The van der Waals surface area contributed by atoms with E-state index in [1.165, 1.54) is 12.1 Å². The van der Waals surface area contributed by atoms with Crippen molar-refractivity contribution in [2.45, 2.75) is 12.3 Å². The summed E-state index contributed by atoms with van der Waals surface area (Å²) in [5.41, 5.74) is -4.57. The van der Waals surface area contributed by atoms with Gasteiger partial charge in [0.05, 0.1) is 0 Å². The number of hydrogen-bond donors (Lipinski definition) is 2. The van der Waals surface area contributed by atoms with Gasteiger partial charge >= 0.3 is 5.97 Å². The van der Waals surface area contributed by atoms with Gasteiger partial charge in [0.15, 0.2) is 0 Å². The first-order valence-electron chi connectivity index (χ1n) is 7.09. The second-order valence-electron chi connectivity index (χ2n) is 5.09. The summed E-state index contributed by atoms with van der Waals surface area (Å²) >= 11 is 0. The zero-order chi connectivity index (χ0) is 18.5. The van der Waals surface area contributed by atoms with Crippen LogP contribution < -0.4 is 22.1 Å². The lowest BCUT2D eigenvalue weighted by molar-refractivity contribution is -0.335. The van der Waals surface area contributed by atoms with Crippen molar-refractivity contribution in [1.82, 2.24) is 12.3 Å². The largest absolute Gasteiger partial charge is 0.806 e. The van der Waals surface area contributed by atoms with Crippen LogP contribution in [0.1, 0.15) is 16.7 Å². The van der Waals surface area contributed by atoms with Crippen molar-refractivity contribution in [2.75, 3.05) is 0 Å². The van der Waals surface area contributed by atoms with E-state index < -0.39 is 24.8 Å². The minimum Gasteiger partial charge on any atom is -0.806 e. The predicted molar refractivity (Wildman–Crippen MR) is 95.2 cm³/mol. The Balaban J connectivity index is 0.00000338. The lowest BCUT2D eigenvalue weighted by atomic mass is 10.1. The number of carbonyl (C=O) groups excluding carboxylic acids is 1. The maximum absolute atomic E-state index is 13.5. The van der Waals surface area contributed by atoms with Crippen LogP contribution in [0.4, 0.5) is 8.78 Å². The van der Waals surface area contributed by atoms with Crippen molar-refractivity contribution in [3.05, 3.63) is 77.4 Å². The average Bonchev–Trinajstić information content (AvgIpc) is 2.58. The Bertz CT molecular complexity index is 825. The molecule has 2 rings (SSSR count). The van der Waals surface area contributed by atoms with Crippen LogP contribution in [0.3, 0.4) is 0 Å². The highest BCUT2D eigenvalue weighted by molar-refractivity contribution is 7.49. The Kier molecular flexibility index (Phi) is 9.15. The normalized spacial score (nSPS) is 11.4. The van der Waals surface area contributed by atoms with Crippen molar-refractivity contribution in [1.29, 1.82) is 0 Å².